The third-order valence-electron chi connectivity index (χ3n) is 2.40. The highest BCUT2D eigenvalue weighted by molar-refractivity contribution is 9.10. The van der Waals surface area contributed by atoms with Crippen molar-refractivity contribution in [3.63, 3.8) is 0 Å². The van der Waals surface area contributed by atoms with Gasteiger partial charge >= 0.3 is 6.09 Å². The van der Waals surface area contributed by atoms with E-state index in [1.165, 1.54) is 6.33 Å². The second-order valence-electron chi connectivity index (χ2n) is 3.70. The summed E-state index contributed by atoms with van der Waals surface area (Å²) in [6.07, 6.45) is 0.362. The minimum absolute atomic E-state index is 0.0631. The number of nitrogens with zero attached hydrogens (tertiary/aromatic N) is 2. The fourth-order valence-corrected chi connectivity index (χ4v) is 2.06. The van der Waals surface area contributed by atoms with Crippen LogP contribution in [0.15, 0.2) is 16.9 Å². The van der Waals surface area contributed by atoms with Crippen molar-refractivity contribution >= 4 is 50.3 Å². The van der Waals surface area contributed by atoms with Gasteiger partial charge in [-0.25, -0.2) is 19.2 Å². The molecule has 0 aliphatic carbocycles. The molecule has 2 aromatic rings. The summed E-state index contributed by atoms with van der Waals surface area (Å²) in [6.45, 7) is 0.331. The summed E-state index contributed by atoms with van der Waals surface area (Å²) < 4.78 is 18.7. The minimum atomic E-state index is -0.864. The minimum Gasteiger partial charge on any atom is -0.448 e. The first-order chi connectivity index (χ1) is 9.50. The standard InChI is InChI=1S/C11H9BrClFN4O2/c12-7-6(13)3-5-9(8(7)14)17-4-18-10(5)16-1-2-20-11(15)19/h3-4H,1-2H2,(H2,15,19)(H,16,17,18). The number of benzene rings is 1. The fraction of sp³-hybridized carbons (Fsp3) is 0.182. The van der Waals surface area contributed by atoms with Crippen molar-refractivity contribution in [2.45, 2.75) is 0 Å². The Morgan fingerprint density at radius 1 is 1.55 bits per heavy atom. The molecule has 1 amide bonds. The zero-order chi connectivity index (χ0) is 14.7. The number of amides is 1. The number of hydrogen-bond donors (Lipinski definition) is 2. The molecule has 0 unspecified atom stereocenters. The van der Waals surface area contributed by atoms with Crippen LogP contribution in [0.2, 0.25) is 5.02 Å². The Hall–Kier alpha value is -1.67. The van der Waals surface area contributed by atoms with Gasteiger partial charge in [0.1, 0.15) is 24.3 Å². The molecule has 0 atom stereocenters. The Bertz CT molecular complexity index is 670. The quantitative estimate of drug-likeness (QED) is 0.644. The van der Waals surface area contributed by atoms with E-state index >= 15 is 0 Å². The molecule has 0 aliphatic rings. The predicted octanol–water partition coefficient (Wildman–Crippen LogP) is 2.69. The van der Waals surface area contributed by atoms with E-state index in [4.69, 9.17) is 17.3 Å². The Morgan fingerprint density at radius 3 is 3.00 bits per heavy atom. The number of carbonyl (C=O) groups excluding carboxylic acids is 1. The number of ether oxygens (including phenoxy) is 1. The second-order valence-corrected chi connectivity index (χ2v) is 4.90. The highest BCUT2D eigenvalue weighted by atomic mass is 79.9. The monoisotopic (exact) mass is 362 g/mol. The van der Waals surface area contributed by atoms with Crippen LogP contribution in [0.4, 0.5) is 15.0 Å². The SMILES string of the molecule is NC(=O)OCCNc1ncnc2c(F)c(Br)c(Cl)cc12. The molecule has 0 spiro atoms. The van der Waals surface area contributed by atoms with Gasteiger partial charge < -0.3 is 15.8 Å². The summed E-state index contributed by atoms with van der Waals surface area (Å²) in [5, 5.41) is 3.53. The second kappa shape index (κ2) is 6.19. The summed E-state index contributed by atoms with van der Waals surface area (Å²) >= 11 is 8.96. The first-order valence-corrected chi connectivity index (χ1v) is 6.62. The summed E-state index contributed by atoms with van der Waals surface area (Å²) in [4.78, 5) is 18.3. The van der Waals surface area contributed by atoms with Gasteiger partial charge in [0, 0.05) is 5.39 Å². The Kier molecular flexibility index (Phi) is 4.56. The third-order valence-corrected chi connectivity index (χ3v) is 3.71. The molecule has 0 fully saturated rings. The van der Waals surface area contributed by atoms with Gasteiger partial charge in [0.2, 0.25) is 0 Å². The van der Waals surface area contributed by atoms with Crippen LogP contribution in [0.5, 0.6) is 0 Å². The first kappa shape index (κ1) is 14.7. The molecule has 1 aromatic heterocycles. The molecule has 0 aliphatic heterocycles. The van der Waals surface area contributed by atoms with Gasteiger partial charge in [-0.05, 0) is 22.0 Å². The number of rotatable bonds is 4. The Labute approximate surface area is 126 Å². The van der Waals surface area contributed by atoms with Crippen molar-refractivity contribution in [1.82, 2.24) is 9.97 Å². The largest absolute Gasteiger partial charge is 0.448 e. The van der Waals surface area contributed by atoms with Crippen molar-refractivity contribution in [2.75, 3.05) is 18.5 Å². The highest BCUT2D eigenvalue weighted by Crippen LogP contribution is 2.33. The van der Waals surface area contributed by atoms with E-state index in [0.29, 0.717) is 11.2 Å². The molecule has 9 heteroatoms. The van der Waals surface area contributed by atoms with Gasteiger partial charge in [-0.1, -0.05) is 11.6 Å². The first-order valence-electron chi connectivity index (χ1n) is 5.45. The number of hydrogen-bond acceptors (Lipinski definition) is 5. The maximum atomic E-state index is 14.0. The number of carbonyl (C=O) groups is 1. The van der Waals surface area contributed by atoms with E-state index in [0.717, 1.165) is 0 Å². The highest BCUT2D eigenvalue weighted by Gasteiger charge is 2.14. The molecule has 0 saturated carbocycles. The number of halogens is 3. The normalized spacial score (nSPS) is 10.6. The fourth-order valence-electron chi connectivity index (χ4n) is 1.57. The Balaban J connectivity index is 2.28. The molecule has 0 saturated heterocycles. The van der Waals surface area contributed by atoms with Crippen LogP contribution in [0.3, 0.4) is 0 Å². The van der Waals surface area contributed by atoms with Crippen molar-refractivity contribution < 1.29 is 13.9 Å². The van der Waals surface area contributed by atoms with E-state index in [-0.39, 0.29) is 28.2 Å². The van der Waals surface area contributed by atoms with Crippen LogP contribution in [0.25, 0.3) is 10.9 Å². The maximum Gasteiger partial charge on any atom is 0.404 e. The van der Waals surface area contributed by atoms with Gasteiger partial charge in [-0.15, -0.1) is 0 Å². The molecule has 0 radical (unpaired) electrons. The summed E-state index contributed by atoms with van der Waals surface area (Å²) in [6, 6.07) is 1.54. The van der Waals surface area contributed by atoms with Crippen molar-refractivity contribution in [2.24, 2.45) is 5.73 Å². The number of nitrogens with one attached hydrogen (secondary N) is 1. The van der Waals surface area contributed by atoms with E-state index in [1.807, 2.05) is 0 Å². The zero-order valence-electron chi connectivity index (χ0n) is 9.99. The molecule has 6 nitrogen and oxygen atoms in total. The number of nitrogens with two attached hydrogens (primary N) is 1. The molecule has 1 heterocycles. The molecule has 3 N–H and O–H groups in total. The van der Waals surface area contributed by atoms with Gasteiger partial charge in [0.15, 0.2) is 5.82 Å². The van der Waals surface area contributed by atoms with Crippen molar-refractivity contribution in [3.8, 4) is 0 Å². The topological polar surface area (TPSA) is 90.1 Å². The molecular formula is C11H9BrClFN4O2. The molecule has 2 rings (SSSR count). The van der Waals surface area contributed by atoms with Gasteiger partial charge in [0.25, 0.3) is 0 Å². The molecule has 0 bridgehead atoms. The van der Waals surface area contributed by atoms with Crippen LogP contribution < -0.4 is 11.1 Å². The molecule has 20 heavy (non-hydrogen) atoms. The number of anilines is 1. The Morgan fingerprint density at radius 2 is 2.30 bits per heavy atom. The van der Waals surface area contributed by atoms with Gasteiger partial charge in [0.05, 0.1) is 16.0 Å². The van der Waals surface area contributed by atoms with E-state index in [1.54, 1.807) is 6.07 Å². The number of aromatic nitrogens is 2. The average molecular weight is 364 g/mol. The number of primary amides is 1. The van der Waals surface area contributed by atoms with Crippen molar-refractivity contribution in [1.29, 1.82) is 0 Å². The van der Waals surface area contributed by atoms with Crippen LogP contribution in [-0.4, -0.2) is 29.2 Å². The van der Waals surface area contributed by atoms with Crippen LogP contribution >= 0.6 is 27.5 Å². The maximum absolute atomic E-state index is 14.0. The van der Waals surface area contributed by atoms with Crippen LogP contribution in [0.1, 0.15) is 0 Å². The van der Waals surface area contributed by atoms with Gasteiger partial charge in [-0.3, -0.25) is 0 Å². The predicted molar refractivity (Wildman–Crippen MR) is 76.2 cm³/mol. The lowest BCUT2D eigenvalue weighted by Crippen LogP contribution is -2.18. The van der Waals surface area contributed by atoms with E-state index in [9.17, 15) is 9.18 Å². The van der Waals surface area contributed by atoms with Gasteiger partial charge in [-0.2, -0.15) is 0 Å². The zero-order valence-corrected chi connectivity index (χ0v) is 12.3. The number of fused-ring (bicyclic) bond motifs is 1. The van der Waals surface area contributed by atoms with E-state index in [2.05, 4.69) is 36.0 Å². The third kappa shape index (κ3) is 3.07. The van der Waals surface area contributed by atoms with Crippen LogP contribution in [0, 0.1) is 5.82 Å². The molecule has 1 aromatic carbocycles. The van der Waals surface area contributed by atoms with Crippen LogP contribution in [-0.2, 0) is 4.74 Å². The summed E-state index contributed by atoms with van der Waals surface area (Å²) in [7, 11) is 0. The summed E-state index contributed by atoms with van der Waals surface area (Å²) in [5.74, 6) is -0.178. The lowest BCUT2D eigenvalue weighted by molar-refractivity contribution is 0.161. The molecule has 106 valence electrons. The smallest absolute Gasteiger partial charge is 0.404 e. The van der Waals surface area contributed by atoms with Crippen molar-refractivity contribution in [3.05, 3.63) is 27.7 Å². The lowest BCUT2D eigenvalue weighted by Gasteiger charge is -2.09. The molecular weight excluding hydrogens is 355 g/mol. The van der Waals surface area contributed by atoms with E-state index < -0.39 is 11.9 Å². The average Bonchev–Trinajstić information content (AvgIpc) is 2.41. The summed E-state index contributed by atoms with van der Waals surface area (Å²) in [5.41, 5.74) is 4.97. The lowest BCUT2D eigenvalue weighted by atomic mass is 10.2.